The van der Waals surface area contributed by atoms with Crippen LogP contribution < -0.4 is 20.6 Å². The van der Waals surface area contributed by atoms with Crippen molar-refractivity contribution in [2.24, 2.45) is 0 Å². The van der Waals surface area contributed by atoms with Crippen molar-refractivity contribution in [1.82, 2.24) is 0 Å². The molecule has 0 amide bonds. The summed E-state index contributed by atoms with van der Waals surface area (Å²) < 4.78 is 0. The molecule has 3 aliphatic heterocycles. The zero-order chi connectivity index (χ0) is 41.3. The molecular formula is C59H43BN2. The Bertz CT molecular complexity index is 3260. The molecule has 1 spiro atoms. The van der Waals surface area contributed by atoms with Crippen molar-refractivity contribution in [3.8, 4) is 44.5 Å². The number of rotatable bonds is 3. The molecule has 0 atom stereocenters. The standard InChI is InChI=1S/C59H43BN2/c1-58(2,3)42-36-47-46-35-41(39-20-8-5-9-21-39)32-33-53(46)62(43-23-16-22-40(34-43)38-18-6-4-7-19-38)60-52-30-17-29-51-57(52)61(55(37-42)56(47)60)54-31-15-14-28-50(54)59(51)48-26-12-10-24-44(48)45-25-11-13-27-49(45)59/h4-37H,1-3H3. The fraction of sp³-hybridized carbons (Fsp3) is 0.0847. The van der Waals surface area contributed by atoms with Gasteiger partial charge >= 0.3 is 6.85 Å². The van der Waals surface area contributed by atoms with E-state index in [2.05, 4.69) is 237 Å². The summed E-state index contributed by atoms with van der Waals surface area (Å²) in [6.45, 7) is 6.98. The molecule has 0 radical (unpaired) electrons. The van der Waals surface area contributed by atoms with Gasteiger partial charge in [-0.1, -0.05) is 191 Å². The number of hydrogen-bond acceptors (Lipinski definition) is 2. The average molecular weight is 791 g/mol. The SMILES string of the molecule is CC(C)(C)c1cc2c3c(c1)N1c4ccccc4C4(c5ccccc5-c5ccccc54)c4cccc(c41)B3N(c1cccc(-c3ccccc3)c1)c1ccc(-c3ccccc3)cc1-2. The monoisotopic (exact) mass is 790 g/mol. The van der Waals surface area contributed by atoms with Crippen LogP contribution in [0.4, 0.5) is 28.4 Å². The maximum absolute atomic E-state index is 2.66. The van der Waals surface area contributed by atoms with Crippen molar-refractivity contribution in [3.05, 3.63) is 234 Å². The Morgan fingerprint density at radius 1 is 0.403 bits per heavy atom. The van der Waals surface area contributed by atoms with Gasteiger partial charge in [-0.2, -0.15) is 0 Å². The molecule has 0 aromatic heterocycles. The van der Waals surface area contributed by atoms with E-state index in [1.54, 1.807) is 0 Å². The first-order valence-corrected chi connectivity index (χ1v) is 22.0. The Hall–Kier alpha value is -7.36. The van der Waals surface area contributed by atoms with Crippen molar-refractivity contribution >= 4 is 46.2 Å². The van der Waals surface area contributed by atoms with E-state index in [1.807, 2.05) is 0 Å². The number of anilines is 5. The second-order valence-corrected chi connectivity index (χ2v) is 18.4. The highest BCUT2D eigenvalue weighted by molar-refractivity contribution is 6.93. The third-order valence-electron chi connectivity index (χ3n) is 14.2. The topological polar surface area (TPSA) is 6.48 Å². The van der Waals surface area contributed by atoms with Gasteiger partial charge in [-0.15, -0.1) is 0 Å². The summed E-state index contributed by atoms with van der Waals surface area (Å²) in [5.41, 5.74) is 25.0. The third kappa shape index (κ3) is 4.71. The van der Waals surface area contributed by atoms with Crippen molar-refractivity contribution in [1.29, 1.82) is 0 Å². The van der Waals surface area contributed by atoms with E-state index in [0.717, 1.165) is 0 Å². The van der Waals surface area contributed by atoms with Crippen molar-refractivity contribution in [3.63, 3.8) is 0 Å². The van der Waals surface area contributed by atoms with Gasteiger partial charge in [-0.25, -0.2) is 0 Å². The van der Waals surface area contributed by atoms with Crippen LogP contribution in [0.15, 0.2) is 206 Å². The molecule has 4 aliphatic rings. The zero-order valence-electron chi connectivity index (χ0n) is 35.1. The molecule has 0 saturated carbocycles. The summed E-state index contributed by atoms with van der Waals surface area (Å²) in [6, 6.07) is 77.8. The lowest BCUT2D eigenvalue weighted by Crippen LogP contribution is -2.62. The van der Waals surface area contributed by atoms with E-state index < -0.39 is 5.41 Å². The van der Waals surface area contributed by atoms with Gasteiger partial charge in [0.25, 0.3) is 0 Å². The lowest BCUT2D eigenvalue weighted by Gasteiger charge is -2.51. The number of hydrogen-bond donors (Lipinski definition) is 0. The summed E-state index contributed by atoms with van der Waals surface area (Å²) in [5.74, 6) is 0. The van der Waals surface area contributed by atoms with Gasteiger partial charge in [0, 0.05) is 28.3 Å². The van der Waals surface area contributed by atoms with E-state index in [-0.39, 0.29) is 12.3 Å². The van der Waals surface area contributed by atoms with Crippen LogP contribution >= 0.6 is 0 Å². The Balaban J connectivity index is 1.17. The molecule has 3 heterocycles. The Morgan fingerprint density at radius 2 is 0.984 bits per heavy atom. The van der Waals surface area contributed by atoms with E-state index in [1.165, 1.54) is 112 Å². The fourth-order valence-electron chi connectivity index (χ4n) is 11.5. The molecule has 0 N–H and O–H groups in total. The van der Waals surface area contributed by atoms with Crippen LogP contribution in [0, 0.1) is 0 Å². The normalized spacial score (nSPS) is 14.4. The van der Waals surface area contributed by atoms with Crippen LogP contribution in [0.5, 0.6) is 0 Å². The summed E-state index contributed by atoms with van der Waals surface area (Å²) in [5, 5.41) is 0. The summed E-state index contributed by atoms with van der Waals surface area (Å²) in [4.78, 5) is 5.32. The highest BCUT2D eigenvalue weighted by atomic mass is 15.2. The quantitative estimate of drug-likeness (QED) is 0.165. The maximum atomic E-state index is 2.66. The van der Waals surface area contributed by atoms with Gasteiger partial charge in [-0.05, 0) is 120 Å². The first-order chi connectivity index (χ1) is 30.4. The van der Waals surface area contributed by atoms with Gasteiger partial charge in [0.2, 0.25) is 0 Å². The van der Waals surface area contributed by atoms with Crippen LogP contribution in [-0.4, -0.2) is 6.85 Å². The predicted octanol–water partition coefficient (Wildman–Crippen LogP) is 13.7. The Morgan fingerprint density at radius 3 is 1.68 bits per heavy atom. The van der Waals surface area contributed by atoms with Gasteiger partial charge in [0.05, 0.1) is 11.1 Å². The first-order valence-electron chi connectivity index (χ1n) is 22.0. The molecule has 0 unspecified atom stereocenters. The number of para-hydroxylation sites is 2. The molecule has 0 saturated heterocycles. The zero-order valence-corrected chi connectivity index (χ0v) is 35.1. The molecular weight excluding hydrogens is 747 g/mol. The summed E-state index contributed by atoms with van der Waals surface area (Å²) in [7, 11) is 0. The minimum atomic E-state index is -0.497. The largest absolute Gasteiger partial charge is 0.376 e. The third-order valence-corrected chi connectivity index (χ3v) is 14.2. The van der Waals surface area contributed by atoms with Crippen molar-refractivity contribution in [2.75, 3.05) is 9.71 Å². The fourth-order valence-corrected chi connectivity index (χ4v) is 11.5. The van der Waals surface area contributed by atoms with Crippen molar-refractivity contribution < 1.29 is 0 Å². The van der Waals surface area contributed by atoms with E-state index in [4.69, 9.17) is 0 Å². The smallest absolute Gasteiger partial charge is 0.333 e. The van der Waals surface area contributed by atoms with Crippen LogP contribution in [0.2, 0.25) is 0 Å². The van der Waals surface area contributed by atoms with Gasteiger partial charge in [0.1, 0.15) is 0 Å². The molecule has 0 bridgehead atoms. The van der Waals surface area contributed by atoms with E-state index >= 15 is 0 Å². The first kappa shape index (κ1) is 35.4. The number of fused-ring (bicyclic) bond motifs is 13. The summed E-state index contributed by atoms with van der Waals surface area (Å²) in [6.07, 6.45) is 0. The minimum absolute atomic E-state index is 0.0982. The highest BCUT2D eigenvalue weighted by Crippen LogP contribution is 2.64. The second kappa shape index (κ2) is 12.8. The second-order valence-electron chi connectivity index (χ2n) is 18.4. The molecule has 9 aromatic rings. The minimum Gasteiger partial charge on any atom is -0.376 e. The molecule has 3 heteroatoms. The molecule has 1 aliphatic carbocycles. The molecule has 0 fully saturated rings. The van der Waals surface area contributed by atoms with Gasteiger partial charge in [-0.3, -0.25) is 0 Å². The van der Waals surface area contributed by atoms with Crippen LogP contribution in [0.25, 0.3) is 44.5 Å². The van der Waals surface area contributed by atoms with Gasteiger partial charge < -0.3 is 9.71 Å². The molecule has 9 aromatic carbocycles. The van der Waals surface area contributed by atoms with Crippen LogP contribution in [0.1, 0.15) is 48.6 Å². The molecule has 13 rings (SSSR count). The molecule has 2 nitrogen and oxygen atoms in total. The van der Waals surface area contributed by atoms with Crippen LogP contribution in [0.3, 0.4) is 0 Å². The van der Waals surface area contributed by atoms with E-state index in [9.17, 15) is 0 Å². The number of benzene rings is 9. The number of nitrogens with zero attached hydrogens (tertiary/aromatic N) is 2. The predicted molar refractivity (Wildman–Crippen MR) is 261 cm³/mol. The summed E-state index contributed by atoms with van der Waals surface area (Å²) >= 11 is 0. The lowest BCUT2D eigenvalue weighted by atomic mass is 9.42. The van der Waals surface area contributed by atoms with Gasteiger partial charge in [0.15, 0.2) is 0 Å². The Kier molecular flexibility index (Phi) is 7.33. The molecule has 292 valence electrons. The average Bonchev–Trinajstić information content (AvgIpc) is 3.61. The van der Waals surface area contributed by atoms with E-state index in [0.29, 0.717) is 0 Å². The maximum Gasteiger partial charge on any atom is 0.333 e. The lowest BCUT2D eigenvalue weighted by molar-refractivity contribution is 0.590. The highest BCUT2D eigenvalue weighted by Gasteiger charge is 2.55. The Labute approximate surface area is 364 Å². The van der Waals surface area contributed by atoms with Crippen molar-refractivity contribution in [2.45, 2.75) is 31.6 Å². The van der Waals surface area contributed by atoms with Crippen LogP contribution in [-0.2, 0) is 10.8 Å². The molecule has 62 heavy (non-hydrogen) atoms.